The van der Waals surface area contributed by atoms with Crippen LogP contribution in [0.5, 0.6) is 0 Å². The van der Waals surface area contributed by atoms with Crippen molar-refractivity contribution >= 4 is 17.5 Å². The molecule has 2 aromatic rings. The van der Waals surface area contributed by atoms with Crippen LogP contribution >= 0.6 is 0 Å². The van der Waals surface area contributed by atoms with Crippen LogP contribution in [0.4, 0.5) is 5.69 Å². The highest BCUT2D eigenvalue weighted by atomic mass is 16.2. The minimum absolute atomic E-state index is 0.0455. The Bertz CT molecular complexity index is 991. The maximum Gasteiger partial charge on any atom is 0.345 e. The van der Waals surface area contributed by atoms with Crippen LogP contribution in [-0.4, -0.2) is 39.3 Å². The lowest BCUT2D eigenvalue weighted by atomic mass is 10.1. The molecular weight excluding hydrogens is 370 g/mol. The molecule has 2 aliphatic heterocycles. The molecule has 2 aliphatic rings. The Balaban J connectivity index is 1.31. The number of aryl methyl sites for hydroxylation is 2. The van der Waals surface area contributed by atoms with Crippen molar-refractivity contribution in [1.29, 1.82) is 0 Å². The highest BCUT2D eigenvalue weighted by molar-refractivity contribution is 5.98. The van der Waals surface area contributed by atoms with Crippen LogP contribution in [0.2, 0.25) is 0 Å². The van der Waals surface area contributed by atoms with E-state index < -0.39 is 0 Å². The van der Waals surface area contributed by atoms with Crippen molar-refractivity contribution in [1.82, 2.24) is 19.7 Å². The van der Waals surface area contributed by atoms with E-state index in [0.29, 0.717) is 38.0 Å². The zero-order valence-corrected chi connectivity index (χ0v) is 16.8. The summed E-state index contributed by atoms with van der Waals surface area (Å²) in [6.07, 6.45) is 4.86. The van der Waals surface area contributed by atoms with E-state index in [2.05, 4.69) is 10.4 Å². The van der Waals surface area contributed by atoms with Gasteiger partial charge in [-0.1, -0.05) is 6.92 Å². The number of nitrogens with zero attached hydrogens (tertiary/aromatic N) is 4. The third-order valence-corrected chi connectivity index (χ3v) is 5.70. The van der Waals surface area contributed by atoms with Gasteiger partial charge in [0.1, 0.15) is 5.82 Å². The highest BCUT2D eigenvalue weighted by Crippen LogP contribution is 2.29. The molecule has 0 unspecified atom stereocenters. The van der Waals surface area contributed by atoms with Crippen LogP contribution in [0.1, 0.15) is 54.4 Å². The van der Waals surface area contributed by atoms with E-state index in [0.717, 1.165) is 49.3 Å². The first-order valence-corrected chi connectivity index (χ1v) is 10.5. The van der Waals surface area contributed by atoms with Crippen molar-refractivity contribution in [2.75, 3.05) is 18.0 Å². The zero-order valence-electron chi connectivity index (χ0n) is 16.8. The van der Waals surface area contributed by atoms with Gasteiger partial charge in [0.05, 0.1) is 0 Å². The monoisotopic (exact) mass is 397 g/mol. The Labute approximate surface area is 169 Å². The Morgan fingerprint density at radius 1 is 1.17 bits per heavy atom. The molecule has 3 heterocycles. The summed E-state index contributed by atoms with van der Waals surface area (Å²) in [5.74, 6) is 0.848. The van der Waals surface area contributed by atoms with E-state index in [4.69, 9.17) is 0 Å². The lowest BCUT2D eigenvalue weighted by Gasteiger charge is -2.16. The number of amides is 2. The molecule has 29 heavy (non-hydrogen) atoms. The Morgan fingerprint density at radius 3 is 2.83 bits per heavy atom. The summed E-state index contributed by atoms with van der Waals surface area (Å²) in [4.78, 5) is 38.6. The number of benzene rings is 1. The maximum absolute atomic E-state index is 12.5. The van der Waals surface area contributed by atoms with Crippen LogP contribution in [-0.2, 0) is 30.7 Å². The quantitative estimate of drug-likeness (QED) is 0.748. The number of hydrogen-bond acceptors (Lipinski definition) is 4. The molecule has 0 atom stereocenters. The molecule has 0 spiro atoms. The number of rotatable bonds is 6. The number of nitrogens with one attached hydrogen (secondary N) is 1. The van der Waals surface area contributed by atoms with E-state index >= 15 is 0 Å². The first-order valence-electron chi connectivity index (χ1n) is 10.5. The number of carbonyl (C=O) groups excluding carboxylic acids is 2. The number of fused-ring (bicyclic) bond motifs is 2. The number of anilines is 1. The van der Waals surface area contributed by atoms with Gasteiger partial charge in [-0.25, -0.2) is 9.48 Å². The average molecular weight is 397 g/mol. The minimum atomic E-state index is -0.135. The van der Waals surface area contributed by atoms with E-state index in [1.807, 2.05) is 19.1 Å². The van der Waals surface area contributed by atoms with E-state index in [1.54, 1.807) is 15.5 Å². The topological polar surface area (TPSA) is 89.2 Å². The predicted octanol–water partition coefficient (Wildman–Crippen LogP) is 1.50. The highest BCUT2D eigenvalue weighted by Gasteiger charge is 2.24. The first-order chi connectivity index (χ1) is 14.1. The van der Waals surface area contributed by atoms with E-state index in [9.17, 15) is 14.4 Å². The molecule has 8 nitrogen and oxygen atoms in total. The molecule has 0 saturated carbocycles. The second kappa shape index (κ2) is 8.23. The number of aromatic nitrogens is 3. The second-order valence-corrected chi connectivity index (χ2v) is 7.63. The van der Waals surface area contributed by atoms with Gasteiger partial charge in [0.2, 0.25) is 5.91 Å². The Morgan fingerprint density at radius 2 is 2.03 bits per heavy atom. The van der Waals surface area contributed by atoms with Gasteiger partial charge in [-0.2, -0.15) is 5.10 Å². The third kappa shape index (κ3) is 3.83. The van der Waals surface area contributed by atoms with Crippen LogP contribution in [0.25, 0.3) is 0 Å². The molecule has 0 bridgehead atoms. The summed E-state index contributed by atoms with van der Waals surface area (Å²) in [6.45, 7) is 4.26. The zero-order chi connectivity index (χ0) is 20.4. The molecule has 2 amide bonds. The minimum Gasteiger partial charge on any atom is -0.352 e. The molecule has 0 saturated heterocycles. The van der Waals surface area contributed by atoms with Crippen molar-refractivity contribution in [3.05, 3.63) is 45.6 Å². The van der Waals surface area contributed by atoms with Gasteiger partial charge in [0, 0.05) is 50.3 Å². The Kier molecular flexibility index (Phi) is 5.51. The van der Waals surface area contributed by atoms with Crippen molar-refractivity contribution in [2.45, 2.75) is 58.5 Å². The fraction of sp³-hybridized carbons (Fsp3) is 0.524. The summed E-state index contributed by atoms with van der Waals surface area (Å²) in [7, 11) is 0. The van der Waals surface area contributed by atoms with Crippen molar-refractivity contribution in [3.63, 3.8) is 0 Å². The molecule has 0 aliphatic carbocycles. The van der Waals surface area contributed by atoms with Crippen LogP contribution < -0.4 is 15.9 Å². The molecule has 0 radical (unpaired) electrons. The van der Waals surface area contributed by atoms with Gasteiger partial charge in [-0.3, -0.25) is 14.2 Å². The van der Waals surface area contributed by atoms with Crippen molar-refractivity contribution in [3.8, 4) is 0 Å². The predicted molar refractivity (Wildman–Crippen MR) is 109 cm³/mol. The molecule has 1 aromatic carbocycles. The standard InChI is InChI=1S/C21H27N5O3/c1-2-19(27)24-13-9-15-14-16(7-8-17(15)24)20(28)22-10-5-12-26-21(29)25-11-4-3-6-18(25)23-26/h7-8,14H,2-6,9-13H2,1H3,(H,22,28). The largest absolute Gasteiger partial charge is 0.352 e. The van der Waals surface area contributed by atoms with E-state index in [1.165, 1.54) is 4.68 Å². The summed E-state index contributed by atoms with van der Waals surface area (Å²) in [5.41, 5.74) is 2.51. The lowest BCUT2D eigenvalue weighted by Crippen LogP contribution is -2.29. The van der Waals surface area contributed by atoms with Gasteiger partial charge in [-0.05, 0) is 49.4 Å². The molecule has 154 valence electrons. The van der Waals surface area contributed by atoms with Crippen LogP contribution in [0.3, 0.4) is 0 Å². The second-order valence-electron chi connectivity index (χ2n) is 7.63. The summed E-state index contributed by atoms with van der Waals surface area (Å²) >= 11 is 0. The van der Waals surface area contributed by atoms with Crippen molar-refractivity contribution < 1.29 is 9.59 Å². The van der Waals surface area contributed by atoms with E-state index in [-0.39, 0.29) is 17.5 Å². The fourth-order valence-electron chi connectivity index (χ4n) is 4.12. The van der Waals surface area contributed by atoms with Crippen molar-refractivity contribution in [2.24, 2.45) is 0 Å². The molecule has 4 rings (SSSR count). The molecule has 1 N–H and O–H groups in total. The smallest absolute Gasteiger partial charge is 0.345 e. The van der Waals surface area contributed by atoms with Gasteiger partial charge in [0.15, 0.2) is 0 Å². The molecule has 8 heteroatoms. The summed E-state index contributed by atoms with van der Waals surface area (Å²) < 4.78 is 3.28. The fourth-order valence-corrected chi connectivity index (χ4v) is 4.12. The molecular formula is C21H27N5O3. The molecule has 0 fully saturated rings. The maximum atomic E-state index is 12.5. The van der Waals surface area contributed by atoms with Gasteiger partial charge >= 0.3 is 5.69 Å². The lowest BCUT2D eigenvalue weighted by molar-refractivity contribution is -0.118. The normalized spacial score (nSPS) is 15.1. The first kappa shape index (κ1) is 19.4. The number of carbonyl (C=O) groups is 2. The SMILES string of the molecule is CCC(=O)N1CCc2cc(C(=O)NCCCn3nc4n(c3=O)CCCC4)ccc21. The van der Waals surface area contributed by atoms with Gasteiger partial charge < -0.3 is 10.2 Å². The summed E-state index contributed by atoms with van der Waals surface area (Å²) in [6, 6.07) is 5.50. The summed E-state index contributed by atoms with van der Waals surface area (Å²) in [5, 5.41) is 7.33. The van der Waals surface area contributed by atoms with Gasteiger partial charge in [0.25, 0.3) is 5.91 Å². The number of hydrogen-bond donors (Lipinski definition) is 1. The Hall–Kier alpha value is -2.90. The molecule has 1 aromatic heterocycles. The van der Waals surface area contributed by atoms with Crippen LogP contribution in [0, 0.1) is 0 Å². The third-order valence-electron chi connectivity index (χ3n) is 5.70. The van der Waals surface area contributed by atoms with Gasteiger partial charge in [-0.15, -0.1) is 0 Å². The van der Waals surface area contributed by atoms with Crippen LogP contribution in [0.15, 0.2) is 23.0 Å². The average Bonchev–Trinajstić information content (AvgIpc) is 3.31.